The van der Waals surface area contributed by atoms with E-state index in [0.717, 1.165) is 50.2 Å². The van der Waals surface area contributed by atoms with Gasteiger partial charge in [-0.05, 0) is 44.7 Å². The molecule has 0 atom stereocenters. The highest BCUT2D eigenvalue weighted by Gasteiger charge is 2.33. The van der Waals surface area contributed by atoms with Gasteiger partial charge in [-0.15, -0.1) is 0 Å². The van der Waals surface area contributed by atoms with Crippen molar-refractivity contribution in [3.05, 3.63) is 31.9 Å². The van der Waals surface area contributed by atoms with Crippen molar-refractivity contribution in [1.82, 2.24) is 9.47 Å². The van der Waals surface area contributed by atoms with Gasteiger partial charge in [0.2, 0.25) is 0 Å². The van der Waals surface area contributed by atoms with Crippen LogP contribution in [0.15, 0.2) is 9.70 Å². The third-order valence-electron chi connectivity index (χ3n) is 6.20. The van der Waals surface area contributed by atoms with Crippen molar-refractivity contribution < 1.29 is 4.79 Å². The number of nitrogens with zero attached hydrogens (tertiary/aromatic N) is 4. The summed E-state index contributed by atoms with van der Waals surface area (Å²) in [5.74, 6) is 0.742. The largest absolute Gasteiger partial charge is 0.357 e. The molecule has 1 aromatic heterocycles. The fourth-order valence-corrected chi connectivity index (χ4v) is 5.69. The molecule has 6 nitrogen and oxygen atoms in total. The van der Waals surface area contributed by atoms with Crippen LogP contribution < -0.4 is 10.5 Å². The fourth-order valence-electron chi connectivity index (χ4n) is 4.40. The first-order valence-corrected chi connectivity index (χ1v) is 12.8. The van der Waals surface area contributed by atoms with Crippen LogP contribution in [0.3, 0.4) is 0 Å². The normalized spacial score (nSPS) is 17.6. The van der Waals surface area contributed by atoms with Crippen molar-refractivity contribution in [3.8, 4) is 6.07 Å². The second-order valence-corrected chi connectivity index (χ2v) is 10.0. The number of carbonyl (C=O) groups is 1. The lowest BCUT2D eigenvalue weighted by molar-refractivity contribution is -0.122. The van der Waals surface area contributed by atoms with E-state index >= 15 is 0 Å². The van der Waals surface area contributed by atoms with Crippen LogP contribution in [0.2, 0.25) is 0 Å². The van der Waals surface area contributed by atoms with E-state index in [9.17, 15) is 14.9 Å². The van der Waals surface area contributed by atoms with Crippen LogP contribution >= 0.6 is 24.0 Å². The summed E-state index contributed by atoms with van der Waals surface area (Å²) in [5, 5.41) is 9.66. The lowest BCUT2D eigenvalue weighted by atomic mass is 10.0. The first kappa shape index (κ1) is 24.5. The Bertz CT molecular complexity index is 1020. The average Bonchev–Trinajstić information content (AvgIpc) is 3.39. The summed E-state index contributed by atoms with van der Waals surface area (Å²) >= 11 is 6.83. The van der Waals surface area contributed by atoms with Gasteiger partial charge in [0.1, 0.15) is 21.8 Å². The molecule has 0 N–H and O–H groups in total. The molecule has 8 heteroatoms. The molecule has 2 aliphatic rings. The van der Waals surface area contributed by atoms with Crippen molar-refractivity contribution in [2.75, 3.05) is 24.5 Å². The van der Waals surface area contributed by atoms with Gasteiger partial charge >= 0.3 is 0 Å². The number of aromatic nitrogens is 1. The molecular formula is C24H32N4O2S2. The molecule has 1 aromatic rings. The summed E-state index contributed by atoms with van der Waals surface area (Å²) in [4.78, 5) is 30.6. The Labute approximate surface area is 200 Å². The summed E-state index contributed by atoms with van der Waals surface area (Å²) in [6.07, 6.45) is 9.60. The summed E-state index contributed by atoms with van der Waals surface area (Å²) in [7, 11) is 0. The Morgan fingerprint density at radius 2 is 1.81 bits per heavy atom. The van der Waals surface area contributed by atoms with Gasteiger partial charge in [-0.25, -0.2) is 0 Å². The summed E-state index contributed by atoms with van der Waals surface area (Å²) in [6, 6.07) is 2.09. The van der Waals surface area contributed by atoms with E-state index in [1.54, 1.807) is 16.4 Å². The van der Waals surface area contributed by atoms with Gasteiger partial charge < -0.3 is 4.90 Å². The van der Waals surface area contributed by atoms with E-state index in [0.29, 0.717) is 27.9 Å². The van der Waals surface area contributed by atoms with Crippen LogP contribution in [0, 0.1) is 18.3 Å². The van der Waals surface area contributed by atoms with Crippen molar-refractivity contribution in [3.63, 3.8) is 0 Å². The van der Waals surface area contributed by atoms with Gasteiger partial charge in [0.25, 0.3) is 11.5 Å². The lowest BCUT2D eigenvalue weighted by Gasteiger charge is -2.26. The van der Waals surface area contributed by atoms with Crippen LogP contribution in [0.1, 0.15) is 75.5 Å². The summed E-state index contributed by atoms with van der Waals surface area (Å²) in [6.45, 7) is 8.75. The van der Waals surface area contributed by atoms with E-state index < -0.39 is 0 Å². The molecule has 0 unspecified atom stereocenters. The molecule has 2 aliphatic heterocycles. The van der Waals surface area contributed by atoms with Crippen LogP contribution in [0.5, 0.6) is 0 Å². The SMILES string of the molecule is CCCCCCCN1C(=O)/C(=C\c2c(C)c(C#N)c(=O)n(CC)c2N2CCCC2)SC1=S. The van der Waals surface area contributed by atoms with Gasteiger partial charge in [0.15, 0.2) is 0 Å². The molecule has 3 heterocycles. The van der Waals surface area contributed by atoms with Gasteiger partial charge in [-0.1, -0.05) is 56.6 Å². The molecule has 0 saturated carbocycles. The minimum absolute atomic E-state index is 0.0741. The predicted octanol–water partition coefficient (Wildman–Crippen LogP) is 4.82. The van der Waals surface area contributed by atoms with Gasteiger partial charge in [0, 0.05) is 31.7 Å². The summed E-state index contributed by atoms with van der Waals surface area (Å²) in [5.41, 5.74) is 1.31. The lowest BCUT2D eigenvalue weighted by Crippen LogP contribution is -2.33. The maximum Gasteiger partial charge on any atom is 0.270 e. The maximum atomic E-state index is 13.2. The molecular weight excluding hydrogens is 440 g/mol. The number of nitriles is 1. The molecule has 0 spiro atoms. The molecule has 32 heavy (non-hydrogen) atoms. The van der Waals surface area contributed by atoms with E-state index in [-0.39, 0.29) is 17.0 Å². The molecule has 3 rings (SSSR count). The average molecular weight is 473 g/mol. The number of anilines is 1. The quantitative estimate of drug-likeness (QED) is 0.292. The number of thioether (sulfide) groups is 1. The molecule has 172 valence electrons. The number of hydrogen-bond acceptors (Lipinski definition) is 6. The fraction of sp³-hybridized carbons (Fsp3) is 0.583. The number of thiocarbonyl (C=S) groups is 1. The molecule has 0 radical (unpaired) electrons. The first-order chi connectivity index (χ1) is 15.4. The van der Waals surface area contributed by atoms with Gasteiger partial charge in [-0.2, -0.15) is 5.26 Å². The molecule has 2 saturated heterocycles. The molecule has 1 amide bonds. The minimum atomic E-state index is -0.258. The van der Waals surface area contributed by atoms with Crippen molar-refractivity contribution >= 4 is 46.1 Å². The zero-order valence-corrected chi connectivity index (χ0v) is 20.9. The third kappa shape index (κ3) is 4.94. The Morgan fingerprint density at radius 1 is 1.12 bits per heavy atom. The smallest absolute Gasteiger partial charge is 0.270 e. The van der Waals surface area contributed by atoms with Crippen molar-refractivity contribution in [2.24, 2.45) is 0 Å². The van der Waals surface area contributed by atoms with Gasteiger partial charge in [0.05, 0.1) is 4.91 Å². The second-order valence-electron chi connectivity index (χ2n) is 8.34. The topological polar surface area (TPSA) is 69.3 Å². The molecule has 0 bridgehead atoms. The Balaban J connectivity index is 1.98. The second kappa shape index (κ2) is 11.2. The zero-order valence-electron chi connectivity index (χ0n) is 19.3. The van der Waals surface area contributed by atoms with Crippen molar-refractivity contribution in [1.29, 1.82) is 5.26 Å². The highest BCUT2D eigenvalue weighted by Crippen LogP contribution is 2.36. The number of pyridine rings is 1. The number of unbranched alkanes of at least 4 members (excludes halogenated alkanes) is 4. The van der Waals surface area contributed by atoms with Crippen molar-refractivity contribution in [2.45, 2.75) is 72.3 Å². The van der Waals surface area contributed by atoms with Crippen LogP contribution in [0.4, 0.5) is 5.82 Å². The van der Waals surface area contributed by atoms with E-state index in [1.807, 2.05) is 13.0 Å². The summed E-state index contributed by atoms with van der Waals surface area (Å²) < 4.78 is 2.26. The van der Waals surface area contributed by atoms with Crippen LogP contribution in [-0.2, 0) is 11.3 Å². The maximum absolute atomic E-state index is 13.2. The molecule has 2 fully saturated rings. The highest BCUT2D eigenvalue weighted by atomic mass is 32.2. The Hall–Kier alpha value is -2.11. The first-order valence-electron chi connectivity index (χ1n) is 11.6. The number of hydrogen-bond donors (Lipinski definition) is 0. The Kier molecular flexibility index (Phi) is 8.55. The van der Waals surface area contributed by atoms with Gasteiger partial charge in [-0.3, -0.25) is 19.1 Å². The monoisotopic (exact) mass is 472 g/mol. The molecule has 0 aliphatic carbocycles. The zero-order chi connectivity index (χ0) is 23.3. The Morgan fingerprint density at radius 3 is 2.44 bits per heavy atom. The van der Waals surface area contributed by atoms with Crippen LogP contribution in [-0.4, -0.2) is 39.3 Å². The minimum Gasteiger partial charge on any atom is -0.357 e. The van der Waals surface area contributed by atoms with E-state index in [2.05, 4.69) is 17.9 Å². The third-order valence-corrected chi connectivity index (χ3v) is 7.58. The highest BCUT2D eigenvalue weighted by molar-refractivity contribution is 8.26. The number of rotatable bonds is 9. The van der Waals surface area contributed by atoms with E-state index in [1.165, 1.54) is 31.0 Å². The number of amides is 1. The standard InChI is InChI=1S/C24H32N4O2S2/c1-4-6-7-8-9-14-28-23(30)20(32-24(28)31)15-18-17(3)19(16-25)22(29)27(5-2)21(18)26-12-10-11-13-26/h15H,4-14H2,1-3H3/b20-15+. The molecule has 0 aromatic carbocycles. The predicted molar refractivity (Wildman–Crippen MR) is 136 cm³/mol. The van der Waals surface area contributed by atoms with Crippen LogP contribution in [0.25, 0.3) is 6.08 Å². The van der Waals surface area contributed by atoms with E-state index in [4.69, 9.17) is 12.2 Å². The number of carbonyl (C=O) groups excluding carboxylic acids is 1.